The fourth-order valence-electron chi connectivity index (χ4n) is 5.79. The van der Waals surface area contributed by atoms with E-state index >= 15 is 0 Å². The van der Waals surface area contributed by atoms with Crippen LogP contribution < -0.4 is 11.5 Å². The molecule has 0 atom stereocenters. The van der Waals surface area contributed by atoms with Gasteiger partial charge in [-0.05, 0) is 83.6 Å². The van der Waals surface area contributed by atoms with Gasteiger partial charge in [0.15, 0.2) is 0 Å². The summed E-state index contributed by atoms with van der Waals surface area (Å²) in [5.41, 5.74) is 19.8. The first-order valence-electron chi connectivity index (χ1n) is 12.0. The Kier molecular flexibility index (Phi) is 5.58. The standard InChI is InChI=1S/C35H24N2O2/c1-7-21-13-23(9-3)31-27(15-21)35(25-11-19(5)33(38)29(36)17-25,26-12-20(6)34(39)30(37)18-26)28-16-22(8-2)14-24(10-4)32(28)31/h1-4,11-18,38-39H,36-37H2,5-6H3. The maximum absolute atomic E-state index is 10.6. The first kappa shape index (κ1) is 25.0. The number of rotatable bonds is 2. The molecule has 0 saturated carbocycles. The number of phenols is 2. The van der Waals surface area contributed by atoms with Gasteiger partial charge in [-0.25, -0.2) is 0 Å². The number of hydrogen-bond acceptors (Lipinski definition) is 4. The van der Waals surface area contributed by atoms with Gasteiger partial charge >= 0.3 is 0 Å². The summed E-state index contributed by atoms with van der Waals surface area (Å²) in [6.07, 6.45) is 23.9. The first-order valence-corrected chi connectivity index (χ1v) is 12.0. The molecule has 4 nitrogen and oxygen atoms in total. The molecule has 0 radical (unpaired) electrons. The molecule has 0 aliphatic heterocycles. The molecule has 4 aromatic rings. The van der Waals surface area contributed by atoms with Crippen LogP contribution >= 0.6 is 0 Å². The topological polar surface area (TPSA) is 92.5 Å². The highest BCUT2D eigenvalue weighted by Crippen LogP contribution is 2.59. The number of nitrogen functional groups attached to an aromatic ring is 2. The number of benzene rings is 4. The summed E-state index contributed by atoms with van der Waals surface area (Å²) in [5, 5.41) is 21.2. The predicted molar refractivity (Wildman–Crippen MR) is 157 cm³/mol. The van der Waals surface area contributed by atoms with Crippen molar-refractivity contribution >= 4 is 11.4 Å². The summed E-state index contributed by atoms with van der Waals surface area (Å²) in [5.74, 6) is 11.0. The quantitative estimate of drug-likeness (QED) is 0.152. The molecule has 1 aliphatic rings. The highest BCUT2D eigenvalue weighted by molar-refractivity contribution is 5.94. The van der Waals surface area contributed by atoms with Gasteiger partial charge in [-0.15, -0.1) is 25.7 Å². The molecule has 0 amide bonds. The Morgan fingerprint density at radius 1 is 0.590 bits per heavy atom. The molecule has 4 aromatic carbocycles. The van der Waals surface area contributed by atoms with Crippen molar-refractivity contribution in [2.75, 3.05) is 11.5 Å². The van der Waals surface area contributed by atoms with Crippen LogP contribution in [-0.2, 0) is 5.41 Å². The first-order chi connectivity index (χ1) is 18.6. The van der Waals surface area contributed by atoms with Gasteiger partial charge in [0, 0.05) is 33.4 Å². The second-order valence-corrected chi connectivity index (χ2v) is 9.68. The summed E-state index contributed by atoms with van der Waals surface area (Å²) in [6.45, 7) is 3.54. The van der Waals surface area contributed by atoms with Gasteiger partial charge in [0.25, 0.3) is 0 Å². The molecule has 0 fully saturated rings. The lowest BCUT2D eigenvalue weighted by Gasteiger charge is -2.35. The number of hydrogen-bond donors (Lipinski definition) is 4. The Hall–Kier alpha value is -5.68. The van der Waals surface area contributed by atoms with E-state index in [0.717, 1.165) is 22.3 Å². The van der Waals surface area contributed by atoms with Crippen LogP contribution in [0.1, 0.15) is 55.6 Å². The molecule has 0 aromatic heterocycles. The predicted octanol–water partition coefficient (Wildman–Crippen LogP) is 5.17. The molecule has 186 valence electrons. The molecule has 39 heavy (non-hydrogen) atoms. The van der Waals surface area contributed by atoms with E-state index in [1.165, 1.54) is 0 Å². The average molecular weight is 505 g/mol. The molecular formula is C35H24N2O2. The van der Waals surface area contributed by atoms with Crippen LogP contribution in [0.15, 0.2) is 48.5 Å². The van der Waals surface area contributed by atoms with Gasteiger partial charge < -0.3 is 21.7 Å². The van der Waals surface area contributed by atoms with E-state index in [1.807, 2.05) is 24.3 Å². The number of aryl methyl sites for hydroxylation is 2. The normalized spacial score (nSPS) is 12.4. The van der Waals surface area contributed by atoms with E-state index in [1.54, 1.807) is 38.1 Å². The molecule has 0 saturated heterocycles. The molecule has 0 bridgehead atoms. The second-order valence-electron chi connectivity index (χ2n) is 9.68. The van der Waals surface area contributed by atoms with Crippen LogP contribution in [0.3, 0.4) is 0 Å². The van der Waals surface area contributed by atoms with E-state index in [-0.39, 0.29) is 22.9 Å². The van der Waals surface area contributed by atoms with Gasteiger partial charge in [-0.1, -0.05) is 35.8 Å². The van der Waals surface area contributed by atoms with E-state index in [0.29, 0.717) is 44.5 Å². The monoisotopic (exact) mass is 504 g/mol. The highest BCUT2D eigenvalue weighted by atomic mass is 16.3. The number of phenolic OH excluding ortho intramolecular Hbond substituents is 2. The van der Waals surface area contributed by atoms with Gasteiger partial charge in [0.05, 0.1) is 16.8 Å². The van der Waals surface area contributed by atoms with Crippen LogP contribution in [0.25, 0.3) is 11.1 Å². The number of terminal acetylenes is 4. The third kappa shape index (κ3) is 3.34. The summed E-state index contributed by atoms with van der Waals surface area (Å²) in [4.78, 5) is 0. The largest absolute Gasteiger partial charge is 0.506 e. The minimum Gasteiger partial charge on any atom is -0.506 e. The SMILES string of the molecule is C#Cc1cc(C#C)c2c(c1)C(c1cc(C)c(O)c(N)c1)(c1cc(C)c(O)c(N)c1)c1cc(C#C)cc(C#C)c1-2. The Bertz CT molecular complexity index is 1730. The molecule has 6 N–H and O–H groups in total. The van der Waals surface area contributed by atoms with Crippen molar-refractivity contribution in [1.29, 1.82) is 0 Å². The maximum atomic E-state index is 10.6. The smallest absolute Gasteiger partial charge is 0.141 e. The van der Waals surface area contributed by atoms with E-state index in [4.69, 9.17) is 37.2 Å². The Morgan fingerprint density at radius 3 is 1.28 bits per heavy atom. The van der Waals surface area contributed by atoms with Gasteiger partial charge in [0.1, 0.15) is 11.5 Å². The number of anilines is 2. The molecule has 4 heteroatoms. The van der Waals surface area contributed by atoms with Crippen molar-refractivity contribution in [3.8, 4) is 72.0 Å². The van der Waals surface area contributed by atoms with E-state index in [2.05, 4.69) is 23.7 Å². The lowest BCUT2D eigenvalue weighted by Crippen LogP contribution is -2.29. The van der Waals surface area contributed by atoms with Crippen LogP contribution in [0.5, 0.6) is 11.5 Å². The number of fused-ring (bicyclic) bond motifs is 3. The van der Waals surface area contributed by atoms with Crippen molar-refractivity contribution in [2.24, 2.45) is 0 Å². The Labute approximate surface area is 228 Å². The molecule has 0 spiro atoms. The highest BCUT2D eigenvalue weighted by Gasteiger charge is 2.49. The van der Waals surface area contributed by atoms with Gasteiger partial charge in [-0.3, -0.25) is 0 Å². The van der Waals surface area contributed by atoms with E-state index < -0.39 is 5.41 Å². The van der Waals surface area contributed by atoms with E-state index in [9.17, 15) is 10.2 Å². The molecule has 1 aliphatic carbocycles. The lowest BCUT2D eigenvalue weighted by atomic mass is 9.66. The van der Waals surface area contributed by atoms with Gasteiger partial charge in [-0.2, -0.15) is 0 Å². The molecule has 0 unspecified atom stereocenters. The number of nitrogens with two attached hydrogens (primary N) is 2. The zero-order valence-corrected chi connectivity index (χ0v) is 21.5. The van der Waals surface area contributed by atoms with Crippen LogP contribution in [0.4, 0.5) is 11.4 Å². The van der Waals surface area contributed by atoms with Crippen molar-refractivity contribution in [3.63, 3.8) is 0 Å². The van der Waals surface area contributed by atoms with Crippen molar-refractivity contribution in [2.45, 2.75) is 19.3 Å². The number of aromatic hydroxyl groups is 2. The van der Waals surface area contributed by atoms with Crippen LogP contribution in [-0.4, -0.2) is 10.2 Å². The molecule has 0 heterocycles. The minimum atomic E-state index is -1.11. The van der Waals surface area contributed by atoms with Crippen molar-refractivity contribution in [3.05, 3.63) is 104 Å². The molecule has 5 rings (SSSR count). The lowest BCUT2D eigenvalue weighted by molar-refractivity contribution is 0.473. The average Bonchev–Trinajstić information content (AvgIpc) is 3.23. The summed E-state index contributed by atoms with van der Waals surface area (Å²) < 4.78 is 0. The minimum absolute atomic E-state index is 0.0166. The fraction of sp³-hybridized carbons (Fsp3) is 0.0857. The summed E-state index contributed by atoms with van der Waals surface area (Å²) in [7, 11) is 0. The van der Waals surface area contributed by atoms with Gasteiger partial charge in [0.2, 0.25) is 0 Å². The third-order valence-electron chi connectivity index (χ3n) is 7.51. The Balaban J connectivity index is 2.16. The summed E-state index contributed by atoms with van der Waals surface area (Å²) >= 11 is 0. The zero-order valence-electron chi connectivity index (χ0n) is 21.5. The summed E-state index contributed by atoms with van der Waals surface area (Å²) in [6, 6.07) is 14.5. The van der Waals surface area contributed by atoms with Crippen molar-refractivity contribution in [1.82, 2.24) is 0 Å². The fourth-order valence-corrected chi connectivity index (χ4v) is 5.79. The Morgan fingerprint density at radius 2 is 0.974 bits per heavy atom. The van der Waals surface area contributed by atoms with Crippen LogP contribution in [0.2, 0.25) is 0 Å². The zero-order chi connectivity index (χ0) is 28.2. The van der Waals surface area contributed by atoms with Crippen molar-refractivity contribution < 1.29 is 10.2 Å². The maximum Gasteiger partial charge on any atom is 0.141 e. The molecular weight excluding hydrogens is 480 g/mol. The second kappa shape index (κ2) is 8.71. The third-order valence-corrected chi connectivity index (χ3v) is 7.51. The van der Waals surface area contributed by atoms with Crippen LogP contribution in [0, 0.1) is 63.2 Å².